The summed E-state index contributed by atoms with van der Waals surface area (Å²) >= 11 is 6.16. The van der Waals surface area contributed by atoms with Crippen LogP contribution >= 0.6 is 11.6 Å². The van der Waals surface area contributed by atoms with Crippen molar-refractivity contribution < 1.29 is 0 Å². The molecule has 0 aliphatic carbocycles. The molecule has 3 rings (SSSR count). The van der Waals surface area contributed by atoms with Crippen molar-refractivity contribution in [2.75, 3.05) is 30.3 Å². The van der Waals surface area contributed by atoms with Gasteiger partial charge in [-0.3, -0.25) is 0 Å². The second kappa shape index (κ2) is 6.59. The normalized spacial score (nSPS) is 18.5. The highest BCUT2D eigenvalue weighted by molar-refractivity contribution is 6.30. The Morgan fingerprint density at radius 2 is 2.00 bits per heavy atom. The predicted octanol–water partition coefficient (Wildman–Crippen LogP) is 3.64. The van der Waals surface area contributed by atoms with E-state index in [2.05, 4.69) is 41.4 Å². The van der Waals surface area contributed by atoms with Gasteiger partial charge in [-0.2, -0.15) is 0 Å². The summed E-state index contributed by atoms with van der Waals surface area (Å²) in [6.07, 6.45) is 0.980. The van der Waals surface area contributed by atoms with Gasteiger partial charge < -0.3 is 16.0 Å². The molecule has 0 spiro atoms. The second-order valence-corrected chi connectivity index (χ2v) is 6.14. The van der Waals surface area contributed by atoms with Crippen LogP contribution in [0, 0.1) is 0 Å². The maximum Gasteiger partial charge on any atom is 0.0667 e. The molecule has 0 amide bonds. The molecule has 2 aromatic carbocycles. The average molecular weight is 316 g/mol. The minimum atomic E-state index is 0.320. The van der Waals surface area contributed by atoms with Crippen LogP contribution in [0.1, 0.15) is 24.1 Å². The Kier molecular flexibility index (Phi) is 4.55. The maximum atomic E-state index is 6.16. The van der Waals surface area contributed by atoms with E-state index in [4.69, 9.17) is 17.3 Å². The number of hydrogen-bond donors (Lipinski definition) is 2. The van der Waals surface area contributed by atoms with Crippen LogP contribution in [-0.4, -0.2) is 19.6 Å². The summed E-state index contributed by atoms with van der Waals surface area (Å²) in [6.45, 7) is 5.10. The lowest BCUT2D eigenvalue weighted by molar-refractivity contribution is 0.489. The van der Waals surface area contributed by atoms with Crippen LogP contribution in [0.25, 0.3) is 0 Å². The molecule has 0 saturated carbocycles. The zero-order valence-electron chi connectivity index (χ0n) is 12.8. The van der Waals surface area contributed by atoms with Crippen LogP contribution in [0.4, 0.5) is 11.4 Å². The number of nitrogens with zero attached hydrogens (tertiary/aromatic N) is 1. The summed E-state index contributed by atoms with van der Waals surface area (Å²) in [5, 5.41) is 4.30. The highest BCUT2D eigenvalue weighted by atomic mass is 35.5. The summed E-state index contributed by atoms with van der Waals surface area (Å²) in [7, 11) is 0. The number of nitrogens with one attached hydrogen (secondary N) is 1. The number of hydrogen-bond acceptors (Lipinski definition) is 3. The molecule has 4 heteroatoms. The second-order valence-electron chi connectivity index (χ2n) is 5.71. The Bertz CT molecular complexity index is 639. The maximum absolute atomic E-state index is 6.16. The predicted molar refractivity (Wildman–Crippen MR) is 94.6 cm³/mol. The van der Waals surface area contributed by atoms with Gasteiger partial charge in [0.05, 0.1) is 6.04 Å². The first-order valence-corrected chi connectivity index (χ1v) is 8.18. The number of piperazine rings is 1. The third-order valence-electron chi connectivity index (χ3n) is 4.30. The fraction of sp³-hybridized carbons (Fsp3) is 0.333. The Hall–Kier alpha value is -1.71. The molecular weight excluding hydrogens is 294 g/mol. The van der Waals surface area contributed by atoms with Crippen LogP contribution in [0.3, 0.4) is 0 Å². The zero-order valence-corrected chi connectivity index (χ0v) is 13.6. The molecule has 1 aliphatic heterocycles. The van der Waals surface area contributed by atoms with Gasteiger partial charge in [0.25, 0.3) is 0 Å². The van der Waals surface area contributed by atoms with E-state index in [0.29, 0.717) is 6.04 Å². The first kappa shape index (κ1) is 15.2. The molecular formula is C18H22ClN3. The van der Waals surface area contributed by atoms with Crippen LogP contribution in [0.5, 0.6) is 0 Å². The topological polar surface area (TPSA) is 41.3 Å². The number of aryl methyl sites for hydroxylation is 1. The number of nitrogens with two attached hydrogens (primary N) is 1. The monoisotopic (exact) mass is 315 g/mol. The van der Waals surface area contributed by atoms with Crippen LogP contribution in [0.15, 0.2) is 42.5 Å². The van der Waals surface area contributed by atoms with E-state index in [0.717, 1.165) is 36.8 Å². The minimum Gasteiger partial charge on any atom is -0.399 e. The molecule has 2 aromatic rings. The van der Waals surface area contributed by atoms with Gasteiger partial charge in [0, 0.05) is 36.0 Å². The quantitative estimate of drug-likeness (QED) is 0.850. The summed E-state index contributed by atoms with van der Waals surface area (Å²) in [5.41, 5.74) is 10.5. The van der Waals surface area contributed by atoms with Gasteiger partial charge in [0.1, 0.15) is 0 Å². The van der Waals surface area contributed by atoms with Crippen molar-refractivity contribution in [3.8, 4) is 0 Å². The van der Waals surface area contributed by atoms with Crippen LogP contribution < -0.4 is 16.0 Å². The molecule has 1 unspecified atom stereocenters. The number of nitrogen functional groups attached to an aromatic ring is 1. The first-order valence-electron chi connectivity index (χ1n) is 7.80. The van der Waals surface area contributed by atoms with Gasteiger partial charge in [0.2, 0.25) is 0 Å². The van der Waals surface area contributed by atoms with E-state index in [9.17, 15) is 0 Å². The lowest BCUT2D eigenvalue weighted by atomic mass is 10.00. The number of rotatable bonds is 3. The highest BCUT2D eigenvalue weighted by Gasteiger charge is 2.25. The first-order chi connectivity index (χ1) is 10.7. The molecule has 1 heterocycles. The third kappa shape index (κ3) is 3.06. The van der Waals surface area contributed by atoms with Crippen molar-refractivity contribution in [3.63, 3.8) is 0 Å². The van der Waals surface area contributed by atoms with E-state index in [1.807, 2.05) is 18.2 Å². The molecule has 116 valence electrons. The van der Waals surface area contributed by atoms with E-state index in [1.165, 1.54) is 16.8 Å². The minimum absolute atomic E-state index is 0.320. The largest absolute Gasteiger partial charge is 0.399 e. The summed E-state index contributed by atoms with van der Waals surface area (Å²) in [4.78, 5) is 2.48. The number of halogens is 1. The smallest absolute Gasteiger partial charge is 0.0667 e. The molecule has 1 fully saturated rings. The molecule has 1 aliphatic rings. The molecule has 0 bridgehead atoms. The zero-order chi connectivity index (χ0) is 15.5. The lowest BCUT2D eigenvalue weighted by Crippen LogP contribution is -2.46. The van der Waals surface area contributed by atoms with Crippen molar-refractivity contribution in [1.82, 2.24) is 5.32 Å². The fourth-order valence-corrected chi connectivity index (χ4v) is 3.32. The number of benzene rings is 2. The van der Waals surface area contributed by atoms with Crippen molar-refractivity contribution in [3.05, 3.63) is 58.6 Å². The van der Waals surface area contributed by atoms with Crippen LogP contribution in [0.2, 0.25) is 5.02 Å². The Morgan fingerprint density at radius 3 is 2.73 bits per heavy atom. The van der Waals surface area contributed by atoms with Gasteiger partial charge in [0.15, 0.2) is 0 Å². The van der Waals surface area contributed by atoms with Gasteiger partial charge >= 0.3 is 0 Å². The molecule has 1 saturated heterocycles. The van der Waals surface area contributed by atoms with Crippen LogP contribution in [-0.2, 0) is 6.42 Å². The molecule has 1 atom stereocenters. The Morgan fingerprint density at radius 1 is 1.23 bits per heavy atom. The number of anilines is 2. The average Bonchev–Trinajstić information content (AvgIpc) is 2.55. The SMILES string of the molecule is CCc1cc(Cl)ccc1N1CCNCC1c1ccc(N)cc1. The summed E-state index contributed by atoms with van der Waals surface area (Å²) < 4.78 is 0. The van der Waals surface area contributed by atoms with Crippen molar-refractivity contribution >= 4 is 23.0 Å². The molecule has 3 N–H and O–H groups in total. The molecule has 0 aromatic heterocycles. The molecule has 22 heavy (non-hydrogen) atoms. The van der Waals surface area contributed by atoms with E-state index < -0.39 is 0 Å². The van der Waals surface area contributed by atoms with Gasteiger partial charge in [-0.1, -0.05) is 30.7 Å². The van der Waals surface area contributed by atoms with Crippen molar-refractivity contribution in [1.29, 1.82) is 0 Å². The van der Waals surface area contributed by atoms with Crippen molar-refractivity contribution in [2.24, 2.45) is 0 Å². The van der Waals surface area contributed by atoms with E-state index in [-0.39, 0.29) is 0 Å². The van der Waals surface area contributed by atoms with E-state index in [1.54, 1.807) is 0 Å². The summed E-state index contributed by atoms with van der Waals surface area (Å²) in [6, 6.07) is 14.7. The lowest BCUT2D eigenvalue weighted by Gasteiger charge is -2.39. The van der Waals surface area contributed by atoms with E-state index >= 15 is 0 Å². The van der Waals surface area contributed by atoms with Gasteiger partial charge in [-0.05, 0) is 47.9 Å². The highest BCUT2D eigenvalue weighted by Crippen LogP contribution is 2.33. The summed E-state index contributed by atoms with van der Waals surface area (Å²) in [5.74, 6) is 0. The van der Waals surface area contributed by atoms with Crippen molar-refractivity contribution in [2.45, 2.75) is 19.4 Å². The van der Waals surface area contributed by atoms with Gasteiger partial charge in [-0.25, -0.2) is 0 Å². The Balaban J connectivity index is 1.97. The molecule has 0 radical (unpaired) electrons. The third-order valence-corrected chi connectivity index (χ3v) is 4.53. The van der Waals surface area contributed by atoms with Gasteiger partial charge in [-0.15, -0.1) is 0 Å². The molecule has 3 nitrogen and oxygen atoms in total. The Labute approximate surface area is 137 Å². The standard InChI is InChI=1S/C18H22ClN3/c1-2-13-11-15(19)5-8-17(13)22-10-9-21-12-18(22)14-3-6-16(20)7-4-14/h3-8,11,18,21H,2,9-10,12,20H2,1H3. The fourth-order valence-electron chi connectivity index (χ4n) is 3.13.